The van der Waals surface area contributed by atoms with Gasteiger partial charge in [0, 0.05) is 23.8 Å². The van der Waals surface area contributed by atoms with Crippen LogP contribution >= 0.6 is 11.5 Å². The Bertz CT molecular complexity index is 610. The molecule has 0 saturated heterocycles. The van der Waals surface area contributed by atoms with Crippen molar-refractivity contribution >= 4 is 28.3 Å². The maximum atomic E-state index is 12.2. The molecule has 1 aromatic heterocycles. The molecule has 19 heavy (non-hydrogen) atoms. The van der Waals surface area contributed by atoms with Crippen LogP contribution in [0.25, 0.3) is 0 Å². The Labute approximate surface area is 115 Å². The minimum Gasteiger partial charge on any atom is -0.384 e. The number of aryl methyl sites for hydroxylation is 1. The fraction of sp³-hybridized carbons (Fsp3) is 0.308. The summed E-state index contributed by atoms with van der Waals surface area (Å²) in [5.74, 6) is 0.615. The average Bonchev–Trinajstić information content (AvgIpc) is 2.83. The number of hydrogen-bond donors (Lipinski definition) is 2. The van der Waals surface area contributed by atoms with Crippen LogP contribution in [0.2, 0.25) is 0 Å². The summed E-state index contributed by atoms with van der Waals surface area (Å²) in [6, 6.07) is 8.08. The molecule has 0 aliphatic carbocycles. The molecule has 1 aromatic carbocycles. The number of nitrogens with one attached hydrogen (secondary N) is 2. The number of carbonyl (C=O) groups is 1. The van der Waals surface area contributed by atoms with Crippen molar-refractivity contribution in [3.63, 3.8) is 0 Å². The zero-order chi connectivity index (χ0) is 13.2. The van der Waals surface area contributed by atoms with Crippen molar-refractivity contribution in [1.82, 2.24) is 9.36 Å². The van der Waals surface area contributed by atoms with Crippen LogP contribution < -0.4 is 10.6 Å². The molecule has 1 amide bonds. The minimum atomic E-state index is -0.0703. The molecule has 0 spiro atoms. The summed E-state index contributed by atoms with van der Waals surface area (Å²) in [7, 11) is 0. The monoisotopic (exact) mass is 274 g/mol. The molecule has 0 bridgehead atoms. The van der Waals surface area contributed by atoms with E-state index in [1.807, 2.05) is 25.1 Å². The molecule has 3 rings (SSSR count). The molecule has 98 valence electrons. The smallest absolute Gasteiger partial charge is 0.231 e. The summed E-state index contributed by atoms with van der Waals surface area (Å²) in [6.45, 7) is 2.46. The van der Waals surface area contributed by atoms with Gasteiger partial charge in [0.2, 0.25) is 11.0 Å². The highest BCUT2D eigenvalue weighted by atomic mass is 32.1. The number of fused-ring (bicyclic) bond motifs is 1. The molecule has 5 nitrogen and oxygen atoms in total. The normalized spacial score (nSPS) is 17.4. The fourth-order valence-corrected chi connectivity index (χ4v) is 2.76. The third kappa shape index (κ3) is 2.58. The summed E-state index contributed by atoms with van der Waals surface area (Å²) in [6.07, 6.45) is 0.757. The van der Waals surface area contributed by atoms with Gasteiger partial charge in [0.25, 0.3) is 0 Å². The highest BCUT2D eigenvalue weighted by Crippen LogP contribution is 2.25. The van der Waals surface area contributed by atoms with Gasteiger partial charge < -0.3 is 10.6 Å². The zero-order valence-corrected chi connectivity index (χ0v) is 11.3. The molecule has 1 aliphatic rings. The SMILES string of the molecule is Cc1nsc(NC(=O)C2CNc3ccccc3C2)n1. The van der Waals surface area contributed by atoms with E-state index in [1.54, 1.807) is 0 Å². The zero-order valence-electron chi connectivity index (χ0n) is 10.5. The molecule has 0 radical (unpaired) electrons. The van der Waals surface area contributed by atoms with E-state index >= 15 is 0 Å². The van der Waals surface area contributed by atoms with E-state index in [0.29, 0.717) is 17.5 Å². The number of hydrogen-bond acceptors (Lipinski definition) is 5. The molecule has 1 atom stereocenters. The van der Waals surface area contributed by atoms with Crippen molar-refractivity contribution in [2.45, 2.75) is 13.3 Å². The van der Waals surface area contributed by atoms with Gasteiger partial charge in [-0.25, -0.2) is 4.98 Å². The van der Waals surface area contributed by atoms with Crippen molar-refractivity contribution in [1.29, 1.82) is 0 Å². The van der Waals surface area contributed by atoms with E-state index in [4.69, 9.17) is 0 Å². The Hall–Kier alpha value is -1.95. The first-order chi connectivity index (χ1) is 9.22. The van der Waals surface area contributed by atoms with E-state index in [1.165, 1.54) is 17.1 Å². The first kappa shape index (κ1) is 12.1. The second-order valence-corrected chi connectivity index (χ2v) is 5.33. The molecule has 2 heterocycles. The molecule has 0 fully saturated rings. The molecule has 1 unspecified atom stereocenters. The Kier molecular flexibility index (Phi) is 3.16. The van der Waals surface area contributed by atoms with E-state index < -0.39 is 0 Å². The van der Waals surface area contributed by atoms with Crippen LogP contribution in [0.5, 0.6) is 0 Å². The Morgan fingerprint density at radius 3 is 3.11 bits per heavy atom. The Balaban J connectivity index is 1.69. The topological polar surface area (TPSA) is 66.9 Å². The average molecular weight is 274 g/mol. The number of rotatable bonds is 2. The summed E-state index contributed by atoms with van der Waals surface area (Å²) in [5.41, 5.74) is 2.31. The van der Waals surface area contributed by atoms with Gasteiger partial charge in [-0.1, -0.05) is 18.2 Å². The van der Waals surface area contributed by atoms with Gasteiger partial charge in [-0.15, -0.1) is 0 Å². The standard InChI is InChI=1S/C13H14N4OS/c1-8-15-13(19-17-8)16-12(18)10-6-9-4-2-3-5-11(9)14-7-10/h2-5,10,14H,6-7H2,1H3,(H,15,16,17,18). The number of nitrogens with zero attached hydrogens (tertiary/aromatic N) is 2. The molecular weight excluding hydrogens is 260 g/mol. The minimum absolute atomic E-state index is 0.00171. The van der Waals surface area contributed by atoms with Gasteiger partial charge in [-0.05, 0) is 25.0 Å². The molecular formula is C13H14N4OS. The van der Waals surface area contributed by atoms with Crippen molar-refractivity contribution in [3.05, 3.63) is 35.7 Å². The van der Waals surface area contributed by atoms with Gasteiger partial charge in [0.15, 0.2) is 0 Å². The molecule has 2 aromatic rings. The predicted octanol–water partition coefficient (Wildman–Crippen LogP) is 2.07. The molecule has 2 N–H and O–H groups in total. The van der Waals surface area contributed by atoms with Crippen molar-refractivity contribution in [2.24, 2.45) is 5.92 Å². The lowest BCUT2D eigenvalue weighted by Gasteiger charge is -2.24. The summed E-state index contributed by atoms with van der Waals surface area (Å²) >= 11 is 1.21. The number of aromatic nitrogens is 2. The van der Waals surface area contributed by atoms with Crippen LogP contribution in [-0.2, 0) is 11.2 Å². The van der Waals surface area contributed by atoms with Crippen molar-refractivity contribution in [3.8, 4) is 0 Å². The van der Waals surface area contributed by atoms with Crippen LogP contribution in [0.3, 0.4) is 0 Å². The summed E-state index contributed by atoms with van der Waals surface area (Å²) in [4.78, 5) is 16.3. The number of carbonyl (C=O) groups excluding carboxylic acids is 1. The maximum Gasteiger partial charge on any atom is 0.231 e. The number of anilines is 2. The van der Waals surface area contributed by atoms with Crippen LogP contribution in [-0.4, -0.2) is 21.8 Å². The third-order valence-electron chi connectivity index (χ3n) is 3.15. The van der Waals surface area contributed by atoms with Crippen LogP contribution in [0, 0.1) is 12.8 Å². The van der Waals surface area contributed by atoms with Gasteiger partial charge in [0.1, 0.15) is 5.82 Å². The highest BCUT2D eigenvalue weighted by molar-refractivity contribution is 7.09. The summed E-state index contributed by atoms with van der Waals surface area (Å²) in [5, 5.41) is 6.69. The molecule has 6 heteroatoms. The van der Waals surface area contributed by atoms with Crippen LogP contribution in [0.15, 0.2) is 24.3 Å². The Morgan fingerprint density at radius 2 is 2.32 bits per heavy atom. The second kappa shape index (κ2) is 4.97. The van der Waals surface area contributed by atoms with E-state index in [2.05, 4.69) is 26.1 Å². The van der Waals surface area contributed by atoms with Gasteiger partial charge in [-0.3, -0.25) is 4.79 Å². The lowest BCUT2D eigenvalue weighted by molar-refractivity contribution is -0.119. The lowest BCUT2D eigenvalue weighted by atomic mass is 9.93. The molecule has 0 saturated carbocycles. The number of para-hydroxylation sites is 1. The van der Waals surface area contributed by atoms with E-state index in [9.17, 15) is 4.79 Å². The quantitative estimate of drug-likeness (QED) is 0.879. The van der Waals surface area contributed by atoms with E-state index in [-0.39, 0.29) is 11.8 Å². The first-order valence-corrected chi connectivity index (χ1v) is 6.92. The van der Waals surface area contributed by atoms with Crippen LogP contribution in [0.1, 0.15) is 11.4 Å². The first-order valence-electron chi connectivity index (χ1n) is 6.15. The van der Waals surface area contributed by atoms with E-state index in [0.717, 1.165) is 12.1 Å². The number of benzene rings is 1. The number of amides is 1. The summed E-state index contributed by atoms with van der Waals surface area (Å²) < 4.78 is 4.05. The van der Waals surface area contributed by atoms with Crippen LogP contribution in [0.4, 0.5) is 10.8 Å². The molecule has 1 aliphatic heterocycles. The van der Waals surface area contributed by atoms with Crippen molar-refractivity contribution in [2.75, 3.05) is 17.2 Å². The maximum absolute atomic E-state index is 12.2. The largest absolute Gasteiger partial charge is 0.384 e. The highest BCUT2D eigenvalue weighted by Gasteiger charge is 2.24. The predicted molar refractivity (Wildman–Crippen MR) is 75.4 cm³/mol. The van der Waals surface area contributed by atoms with Gasteiger partial charge in [0.05, 0.1) is 5.92 Å². The second-order valence-electron chi connectivity index (χ2n) is 4.58. The lowest BCUT2D eigenvalue weighted by Crippen LogP contribution is -2.33. The van der Waals surface area contributed by atoms with Crippen molar-refractivity contribution < 1.29 is 4.79 Å². The van der Waals surface area contributed by atoms with Gasteiger partial charge in [-0.2, -0.15) is 4.37 Å². The Morgan fingerprint density at radius 1 is 1.47 bits per heavy atom. The van der Waals surface area contributed by atoms with Gasteiger partial charge >= 0.3 is 0 Å². The third-order valence-corrected chi connectivity index (χ3v) is 3.87. The fourth-order valence-electron chi connectivity index (χ4n) is 2.18.